The first-order valence-electron chi connectivity index (χ1n) is 6.22. The molecule has 0 aliphatic heterocycles. The third kappa shape index (κ3) is 3.14. The summed E-state index contributed by atoms with van der Waals surface area (Å²) in [7, 11) is 0. The van der Waals surface area contributed by atoms with Gasteiger partial charge in [-0.3, -0.25) is 0 Å². The van der Waals surface area contributed by atoms with Gasteiger partial charge in [0.05, 0.1) is 6.26 Å². The lowest BCUT2D eigenvalue weighted by atomic mass is 10.0. The summed E-state index contributed by atoms with van der Waals surface area (Å²) >= 11 is 0. The van der Waals surface area contributed by atoms with Crippen LogP contribution in [0, 0.1) is 0 Å². The molecule has 1 unspecified atom stereocenters. The van der Waals surface area contributed by atoms with Gasteiger partial charge in [-0.1, -0.05) is 26.0 Å². The molecule has 0 aliphatic carbocycles. The van der Waals surface area contributed by atoms with Crippen molar-refractivity contribution >= 4 is 5.69 Å². The molecule has 0 aliphatic rings. The Kier molecular flexibility index (Phi) is 4.05. The van der Waals surface area contributed by atoms with Crippen LogP contribution in [0.1, 0.15) is 37.2 Å². The standard InChI is InChI=1S/C15H19NO2/c1-11(2)12-5-7-13(8-6-12)16-10-14(17)15-4-3-9-18-15/h3-9,11,14,16-17H,10H2,1-2H3. The van der Waals surface area contributed by atoms with Gasteiger partial charge in [0.25, 0.3) is 0 Å². The molecular formula is C15H19NO2. The Hall–Kier alpha value is -1.74. The second kappa shape index (κ2) is 5.74. The van der Waals surface area contributed by atoms with Crippen molar-refractivity contribution in [2.75, 3.05) is 11.9 Å². The SMILES string of the molecule is CC(C)c1ccc(NCC(O)c2ccco2)cc1. The molecule has 0 spiro atoms. The Morgan fingerprint density at radius 2 is 1.89 bits per heavy atom. The summed E-state index contributed by atoms with van der Waals surface area (Å²) in [5.74, 6) is 1.12. The Labute approximate surface area is 107 Å². The summed E-state index contributed by atoms with van der Waals surface area (Å²) in [6, 6.07) is 11.8. The van der Waals surface area contributed by atoms with E-state index in [2.05, 4.69) is 31.3 Å². The van der Waals surface area contributed by atoms with E-state index in [0.29, 0.717) is 18.2 Å². The predicted octanol–water partition coefficient (Wildman–Crippen LogP) is 3.55. The largest absolute Gasteiger partial charge is 0.467 e. The highest BCUT2D eigenvalue weighted by molar-refractivity contribution is 5.45. The van der Waals surface area contributed by atoms with E-state index in [1.807, 2.05) is 12.1 Å². The third-order valence-electron chi connectivity index (χ3n) is 2.95. The average Bonchev–Trinajstić information content (AvgIpc) is 2.90. The second-order valence-electron chi connectivity index (χ2n) is 4.69. The lowest BCUT2D eigenvalue weighted by molar-refractivity contribution is 0.162. The number of benzene rings is 1. The fourth-order valence-corrected chi connectivity index (χ4v) is 1.78. The maximum atomic E-state index is 9.86. The number of rotatable bonds is 5. The molecule has 1 aromatic carbocycles. The van der Waals surface area contributed by atoms with Crippen LogP contribution in [0.4, 0.5) is 5.69 Å². The molecule has 2 N–H and O–H groups in total. The maximum absolute atomic E-state index is 9.86. The van der Waals surface area contributed by atoms with Crippen molar-refractivity contribution in [3.63, 3.8) is 0 Å². The molecule has 96 valence electrons. The van der Waals surface area contributed by atoms with Gasteiger partial charge in [-0.25, -0.2) is 0 Å². The number of hydrogen-bond donors (Lipinski definition) is 2. The quantitative estimate of drug-likeness (QED) is 0.846. The van der Waals surface area contributed by atoms with Crippen molar-refractivity contribution in [3.8, 4) is 0 Å². The minimum absolute atomic E-state index is 0.439. The number of aliphatic hydroxyl groups excluding tert-OH is 1. The van der Waals surface area contributed by atoms with Gasteiger partial charge in [0.15, 0.2) is 0 Å². The summed E-state index contributed by atoms with van der Waals surface area (Å²) in [6.07, 6.45) is 0.945. The van der Waals surface area contributed by atoms with Gasteiger partial charge in [0.2, 0.25) is 0 Å². The fourth-order valence-electron chi connectivity index (χ4n) is 1.78. The van der Waals surface area contributed by atoms with Crippen LogP contribution in [0.25, 0.3) is 0 Å². The highest BCUT2D eigenvalue weighted by atomic mass is 16.4. The second-order valence-corrected chi connectivity index (χ2v) is 4.69. The van der Waals surface area contributed by atoms with Crippen LogP contribution in [0.2, 0.25) is 0 Å². The van der Waals surface area contributed by atoms with Crippen molar-refractivity contribution < 1.29 is 9.52 Å². The number of anilines is 1. The molecule has 0 fully saturated rings. The molecule has 1 heterocycles. The molecule has 0 saturated carbocycles. The zero-order valence-corrected chi connectivity index (χ0v) is 10.8. The summed E-state index contributed by atoms with van der Waals surface area (Å²) in [4.78, 5) is 0. The summed E-state index contributed by atoms with van der Waals surface area (Å²) < 4.78 is 5.14. The Morgan fingerprint density at radius 1 is 1.17 bits per heavy atom. The molecular weight excluding hydrogens is 226 g/mol. The Morgan fingerprint density at radius 3 is 2.44 bits per heavy atom. The molecule has 0 bridgehead atoms. The van der Waals surface area contributed by atoms with Crippen molar-refractivity contribution in [1.82, 2.24) is 0 Å². The predicted molar refractivity (Wildman–Crippen MR) is 72.7 cm³/mol. The van der Waals surface area contributed by atoms with Crippen molar-refractivity contribution in [2.45, 2.75) is 25.9 Å². The van der Waals surface area contributed by atoms with Gasteiger partial charge < -0.3 is 14.8 Å². The highest BCUT2D eigenvalue weighted by Crippen LogP contribution is 2.18. The zero-order chi connectivity index (χ0) is 13.0. The van der Waals surface area contributed by atoms with E-state index < -0.39 is 6.10 Å². The zero-order valence-electron chi connectivity index (χ0n) is 10.8. The molecule has 1 atom stereocenters. The van der Waals surface area contributed by atoms with Gasteiger partial charge in [-0.15, -0.1) is 0 Å². The van der Waals surface area contributed by atoms with E-state index in [0.717, 1.165) is 5.69 Å². The van der Waals surface area contributed by atoms with Gasteiger partial charge >= 0.3 is 0 Å². The van der Waals surface area contributed by atoms with Crippen molar-refractivity contribution in [2.24, 2.45) is 0 Å². The van der Waals surface area contributed by atoms with Crippen LogP contribution < -0.4 is 5.32 Å². The molecule has 2 aromatic rings. The molecule has 3 heteroatoms. The maximum Gasteiger partial charge on any atom is 0.134 e. The van der Waals surface area contributed by atoms with Crippen LogP contribution in [-0.2, 0) is 0 Å². The first-order chi connectivity index (χ1) is 8.66. The topological polar surface area (TPSA) is 45.4 Å². The molecule has 0 saturated heterocycles. The Bertz CT molecular complexity index is 460. The summed E-state index contributed by atoms with van der Waals surface area (Å²) in [5.41, 5.74) is 2.32. The highest BCUT2D eigenvalue weighted by Gasteiger charge is 2.09. The van der Waals surface area contributed by atoms with Crippen LogP contribution in [0.15, 0.2) is 47.1 Å². The fraction of sp³-hybridized carbons (Fsp3) is 0.333. The lowest BCUT2D eigenvalue weighted by Gasteiger charge is -2.12. The van der Waals surface area contributed by atoms with Crippen LogP contribution >= 0.6 is 0 Å². The molecule has 0 radical (unpaired) electrons. The van der Waals surface area contributed by atoms with Crippen LogP contribution in [-0.4, -0.2) is 11.7 Å². The third-order valence-corrected chi connectivity index (χ3v) is 2.95. The molecule has 18 heavy (non-hydrogen) atoms. The lowest BCUT2D eigenvalue weighted by Crippen LogP contribution is -2.11. The van der Waals surface area contributed by atoms with Gasteiger partial charge in [0, 0.05) is 12.2 Å². The molecule has 2 rings (SSSR count). The minimum atomic E-state index is -0.621. The van der Waals surface area contributed by atoms with Crippen LogP contribution in [0.3, 0.4) is 0 Å². The van der Waals surface area contributed by atoms with Gasteiger partial charge in [0.1, 0.15) is 11.9 Å². The summed E-state index contributed by atoms with van der Waals surface area (Å²) in [5, 5.41) is 13.0. The first-order valence-corrected chi connectivity index (χ1v) is 6.22. The van der Waals surface area contributed by atoms with E-state index in [1.54, 1.807) is 18.4 Å². The van der Waals surface area contributed by atoms with Crippen LogP contribution in [0.5, 0.6) is 0 Å². The smallest absolute Gasteiger partial charge is 0.134 e. The number of hydrogen-bond acceptors (Lipinski definition) is 3. The molecule has 0 amide bonds. The summed E-state index contributed by atoms with van der Waals surface area (Å²) in [6.45, 7) is 4.78. The molecule has 3 nitrogen and oxygen atoms in total. The van der Waals surface area contributed by atoms with Gasteiger partial charge in [-0.2, -0.15) is 0 Å². The van der Waals surface area contributed by atoms with Crippen molar-refractivity contribution in [3.05, 3.63) is 54.0 Å². The van der Waals surface area contributed by atoms with E-state index in [4.69, 9.17) is 4.42 Å². The van der Waals surface area contributed by atoms with E-state index >= 15 is 0 Å². The molecule has 1 aromatic heterocycles. The average molecular weight is 245 g/mol. The monoisotopic (exact) mass is 245 g/mol. The minimum Gasteiger partial charge on any atom is -0.467 e. The van der Waals surface area contributed by atoms with Gasteiger partial charge in [-0.05, 0) is 35.7 Å². The van der Waals surface area contributed by atoms with Crippen molar-refractivity contribution in [1.29, 1.82) is 0 Å². The van der Waals surface area contributed by atoms with E-state index in [-0.39, 0.29) is 0 Å². The number of furan rings is 1. The number of aliphatic hydroxyl groups is 1. The van der Waals surface area contributed by atoms with E-state index in [1.165, 1.54) is 5.56 Å². The number of nitrogens with one attached hydrogen (secondary N) is 1. The normalized spacial score (nSPS) is 12.7. The Balaban J connectivity index is 1.90. The van der Waals surface area contributed by atoms with E-state index in [9.17, 15) is 5.11 Å². The first kappa shape index (κ1) is 12.7.